The summed E-state index contributed by atoms with van der Waals surface area (Å²) in [5.74, 6) is 1.25. The molecule has 170 valence electrons. The van der Waals surface area contributed by atoms with Crippen molar-refractivity contribution < 1.29 is 9.53 Å². The minimum atomic E-state index is -0.272. The summed E-state index contributed by atoms with van der Waals surface area (Å²) in [6.07, 6.45) is 4.25. The fourth-order valence-electron chi connectivity index (χ4n) is 3.63. The molecule has 4 aromatic rings. The second-order valence-electron chi connectivity index (χ2n) is 7.78. The minimum Gasteiger partial charge on any atom is -0.494 e. The van der Waals surface area contributed by atoms with E-state index in [0.29, 0.717) is 41.7 Å². The maximum Gasteiger partial charge on any atom is 0.300 e. The molecule has 0 bridgehead atoms. The number of benzene rings is 2. The number of ether oxygens (including phenoxy) is 1. The minimum absolute atomic E-state index is 0.00914. The van der Waals surface area contributed by atoms with Crippen LogP contribution in [-0.2, 0) is 11.2 Å². The predicted molar refractivity (Wildman–Crippen MR) is 127 cm³/mol. The lowest BCUT2D eigenvalue weighted by Gasteiger charge is -2.11. The quantitative estimate of drug-likeness (QED) is 0.422. The topological polar surface area (TPSA) is 90.5 Å². The Balaban J connectivity index is 1.47. The molecule has 2 aromatic carbocycles. The summed E-state index contributed by atoms with van der Waals surface area (Å²) in [5, 5.41) is 11.7. The van der Waals surface area contributed by atoms with Gasteiger partial charge in [0, 0.05) is 41.6 Å². The number of carbonyl (C=O) groups is 1. The van der Waals surface area contributed by atoms with Crippen molar-refractivity contribution in [2.24, 2.45) is 5.92 Å². The molecule has 0 aliphatic heterocycles. The molecule has 8 nitrogen and oxygen atoms in total. The molecule has 2 heterocycles. The first-order valence-electron chi connectivity index (χ1n) is 10.7. The van der Waals surface area contributed by atoms with Crippen LogP contribution < -0.4 is 15.6 Å². The molecule has 1 atom stereocenters. The molecule has 0 spiro atoms. The number of fused-ring (bicyclic) bond motifs is 1. The van der Waals surface area contributed by atoms with Crippen molar-refractivity contribution in [2.45, 2.75) is 26.7 Å². The van der Waals surface area contributed by atoms with Crippen molar-refractivity contribution in [1.29, 1.82) is 0 Å². The highest BCUT2D eigenvalue weighted by atomic mass is 35.5. The molecule has 0 saturated heterocycles. The van der Waals surface area contributed by atoms with Crippen molar-refractivity contribution in [2.75, 3.05) is 11.9 Å². The zero-order valence-electron chi connectivity index (χ0n) is 18.4. The first kappa shape index (κ1) is 22.5. The van der Waals surface area contributed by atoms with E-state index >= 15 is 0 Å². The van der Waals surface area contributed by atoms with Crippen molar-refractivity contribution in [3.63, 3.8) is 0 Å². The standard InChI is InChI=1S/C24H24ClN5O3/c1-3-33-20-9-7-19(8-10-20)29-11-12-30-21(27-28-23(30)24(29)32)13-16(2)14-22(31)26-18-6-4-5-17(25)15-18/h4-12,15-16H,3,13-14H2,1-2H3,(H,26,31)/t16-/m0/s1. The maximum absolute atomic E-state index is 13.0. The Morgan fingerprint density at radius 2 is 1.94 bits per heavy atom. The lowest BCUT2D eigenvalue weighted by Crippen LogP contribution is -2.21. The van der Waals surface area contributed by atoms with E-state index in [1.165, 1.54) is 4.57 Å². The number of anilines is 1. The fraction of sp³-hybridized carbons (Fsp3) is 0.250. The van der Waals surface area contributed by atoms with E-state index in [4.69, 9.17) is 16.3 Å². The van der Waals surface area contributed by atoms with Crippen LogP contribution in [0.15, 0.2) is 65.7 Å². The number of halogens is 1. The number of rotatable bonds is 8. The highest BCUT2D eigenvalue weighted by Gasteiger charge is 2.16. The molecule has 0 aliphatic carbocycles. The van der Waals surface area contributed by atoms with Crippen LogP contribution in [0.3, 0.4) is 0 Å². The summed E-state index contributed by atoms with van der Waals surface area (Å²) >= 11 is 5.96. The van der Waals surface area contributed by atoms with E-state index in [-0.39, 0.29) is 23.0 Å². The Morgan fingerprint density at radius 3 is 2.67 bits per heavy atom. The van der Waals surface area contributed by atoms with Gasteiger partial charge in [0.15, 0.2) is 0 Å². The van der Waals surface area contributed by atoms with Gasteiger partial charge in [-0.3, -0.25) is 18.6 Å². The van der Waals surface area contributed by atoms with E-state index in [1.807, 2.05) is 38.1 Å². The molecule has 33 heavy (non-hydrogen) atoms. The fourth-order valence-corrected chi connectivity index (χ4v) is 3.82. The lowest BCUT2D eigenvalue weighted by atomic mass is 10.0. The lowest BCUT2D eigenvalue weighted by molar-refractivity contribution is -0.116. The molecule has 4 rings (SSSR count). The molecule has 0 unspecified atom stereocenters. The van der Waals surface area contributed by atoms with E-state index in [2.05, 4.69) is 15.5 Å². The number of hydrogen-bond acceptors (Lipinski definition) is 5. The first-order valence-corrected chi connectivity index (χ1v) is 11.1. The van der Waals surface area contributed by atoms with Crippen molar-refractivity contribution in [1.82, 2.24) is 19.2 Å². The monoisotopic (exact) mass is 465 g/mol. The van der Waals surface area contributed by atoms with Crippen LogP contribution in [0.2, 0.25) is 5.02 Å². The number of carbonyl (C=O) groups excluding carboxylic acids is 1. The van der Waals surface area contributed by atoms with Crippen LogP contribution >= 0.6 is 11.6 Å². The number of aromatic nitrogens is 4. The molecular formula is C24H24ClN5O3. The average molecular weight is 466 g/mol. The van der Waals surface area contributed by atoms with Crippen LogP contribution in [0.1, 0.15) is 26.1 Å². The third-order valence-corrected chi connectivity index (χ3v) is 5.38. The summed E-state index contributed by atoms with van der Waals surface area (Å²) in [6.45, 7) is 4.45. The van der Waals surface area contributed by atoms with Gasteiger partial charge >= 0.3 is 5.56 Å². The SMILES string of the molecule is CCOc1ccc(-n2ccn3c(C[C@H](C)CC(=O)Nc4cccc(Cl)c4)nnc3c2=O)cc1. The molecule has 0 saturated carbocycles. The molecule has 0 radical (unpaired) electrons. The summed E-state index contributed by atoms with van der Waals surface area (Å²) in [6, 6.07) is 14.3. The number of hydrogen-bond donors (Lipinski definition) is 1. The van der Waals surface area contributed by atoms with Crippen molar-refractivity contribution in [3.05, 3.63) is 82.1 Å². The molecule has 0 fully saturated rings. The van der Waals surface area contributed by atoms with Crippen molar-refractivity contribution in [3.8, 4) is 11.4 Å². The summed E-state index contributed by atoms with van der Waals surface area (Å²) < 4.78 is 8.65. The molecule has 9 heteroatoms. The van der Waals surface area contributed by atoms with Crippen LogP contribution in [0.5, 0.6) is 5.75 Å². The highest BCUT2D eigenvalue weighted by molar-refractivity contribution is 6.30. The zero-order valence-corrected chi connectivity index (χ0v) is 19.1. The molecule has 2 aromatic heterocycles. The molecule has 1 amide bonds. The third-order valence-electron chi connectivity index (χ3n) is 5.14. The van der Waals surface area contributed by atoms with Crippen LogP contribution in [0, 0.1) is 5.92 Å². The number of amides is 1. The zero-order chi connectivity index (χ0) is 23.4. The van der Waals surface area contributed by atoms with E-state index in [0.717, 1.165) is 5.75 Å². The predicted octanol–water partition coefficient (Wildman–Crippen LogP) is 4.14. The number of nitrogens with zero attached hydrogens (tertiary/aromatic N) is 4. The molecule has 1 N–H and O–H groups in total. The largest absolute Gasteiger partial charge is 0.494 e. The normalized spacial score (nSPS) is 12.0. The Morgan fingerprint density at radius 1 is 1.15 bits per heavy atom. The first-order chi connectivity index (χ1) is 15.9. The van der Waals surface area contributed by atoms with Gasteiger partial charge < -0.3 is 10.1 Å². The van der Waals surface area contributed by atoms with Gasteiger partial charge in [-0.2, -0.15) is 0 Å². The number of nitrogens with one attached hydrogen (secondary N) is 1. The van der Waals surface area contributed by atoms with E-state index in [1.54, 1.807) is 41.1 Å². The summed E-state index contributed by atoms with van der Waals surface area (Å²) in [7, 11) is 0. The Kier molecular flexibility index (Phi) is 6.74. The van der Waals surface area contributed by atoms with Gasteiger partial charge in [-0.05, 0) is 55.3 Å². The van der Waals surface area contributed by atoms with Gasteiger partial charge in [-0.1, -0.05) is 24.6 Å². The highest BCUT2D eigenvalue weighted by Crippen LogP contribution is 2.18. The third kappa shape index (κ3) is 5.23. The van der Waals surface area contributed by atoms with Crippen LogP contribution in [0.25, 0.3) is 11.3 Å². The van der Waals surface area contributed by atoms with Gasteiger partial charge in [0.25, 0.3) is 0 Å². The van der Waals surface area contributed by atoms with E-state index < -0.39 is 0 Å². The van der Waals surface area contributed by atoms with Gasteiger partial charge in [0.1, 0.15) is 11.6 Å². The average Bonchev–Trinajstić information content (AvgIpc) is 3.18. The Bertz CT molecular complexity index is 1330. The van der Waals surface area contributed by atoms with Crippen LogP contribution in [-0.4, -0.2) is 31.7 Å². The van der Waals surface area contributed by atoms with Gasteiger partial charge in [0.05, 0.1) is 6.61 Å². The van der Waals surface area contributed by atoms with Gasteiger partial charge in [-0.25, -0.2) is 0 Å². The summed E-state index contributed by atoms with van der Waals surface area (Å²) in [4.78, 5) is 25.4. The Labute approximate surface area is 195 Å². The molecule has 0 aliphatic rings. The molecular weight excluding hydrogens is 442 g/mol. The van der Waals surface area contributed by atoms with Gasteiger partial charge in [-0.15, -0.1) is 10.2 Å². The second kappa shape index (κ2) is 9.87. The summed E-state index contributed by atoms with van der Waals surface area (Å²) in [5.41, 5.74) is 1.33. The van der Waals surface area contributed by atoms with E-state index in [9.17, 15) is 9.59 Å². The van der Waals surface area contributed by atoms with Crippen LogP contribution in [0.4, 0.5) is 5.69 Å². The van der Waals surface area contributed by atoms with Crippen molar-refractivity contribution >= 4 is 28.8 Å². The second-order valence-corrected chi connectivity index (χ2v) is 8.22. The maximum atomic E-state index is 13.0. The Hall–Kier alpha value is -3.65. The van der Waals surface area contributed by atoms with Gasteiger partial charge in [0.2, 0.25) is 11.6 Å². The smallest absolute Gasteiger partial charge is 0.300 e.